The SMILES string of the molecule is COCCOCO[C@H]1CC[C@@H]2[C@H]1[C@@H](O)[C@H]1C(=O)C[C@H]([C@@H](C)CCC3OCCO3)[C@H]1C[C@@H]2O[Si](C)(C)C(C)(C)C. The maximum atomic E-state index is 13.6. The molecule has 0 radical (unpaired) electrons. The lowest BCUT2D eigenvalue weighted by Gasteiger charge is -2.42. The summed E-state index contributed by atoms with van der Waals surface area (Å²) in [6.07, 6.45) is 4.00. The molecule has 1 aliphatic heterocycles. The van der Waals surface area contributed by atoms with Crippen LogP contribution in [0.15, 0.2) is 0 Å². The van der Waals surface area contributed by atoms with Crippen molar-refractivity contribution in [2.24, 2.45) is 35.5 Å². The van der Waals surface area contributed by atoms with E-state index in [2.05, 4.69) is 40.8 Å². The number of rotatable bonds is 12. The monoisotopic (exact) mass is 570 g/mol. The summed E-state index contributed by atoms with van der Waals surface area (Å²) in [4.78, 5) is 13.6. The van der Waals surface area contributed by atoms with Gasteiger partial charge in [0.05, 0.1) is 38.6 Å². The molecule has 4 rings (SSSR count). The number of carbonyl (C=O) groups is 1. The van der Waals surface area contributed by atoms with Crippen LogP contribution in [0.25, 0.3) is 0 Å². The molecule has 1 saturated heterocycles. The fourth-order valence-corrected chi connectivity index (χ4v) is 8.81. The molecule has 0 amide bonds. The van der Waals surface area contributed by atoms with Gasteiger partial charge < -0.3 is 33.2 Å². The minimum Gasteiger partial charge on any atom is -0.414 e. The number of fused-ring (bicyclic) bond motifs is 2. The molecule has 1 heterocycles. The predicted molar refractivity (Wildman–Crippen MR) is 151 cm³/mol. The summed E-state index contributed by atoms with van der Waals surface area (Å²) < 4.78 is 35.4. The van der Waals surface area contributed by atoms with Crippen LogP contribution in [-0.2, 0) is 32.9 Å². The Kier molecular flexibility index (Phi) is 10.7. The Hall–Kier alpha value is -0.393. The second-order valence-electron chi connectivity index (χ2n) is 13.9. The summed E-state index contributed by atoms with van der Waals surface area (Å²) in [7, 11) is -0.433. The molecule has 9 heteroatoms. The Morgan fingerprint density at radius 2 is 1.79 bits per heavy atom. The minimum atomic E-state index is -2.08. The summed E-state index contributed by atoms with van der Waals surface area (Å²) in [5, 5.41) is 12.0. The van der Waals surface area contributed by atoms with Crippen LogP contribution in [0.3, 0.4) is 0 Å². The van der Waals surface area contributed by atoms with E-state index in [4.69, 9.17) is 28.1 Å². The molecular formula is C30H54O8Si. The van der Waals surface area contributed by atoms with Crippen LogP contribution in [0.2, 0.25) is 18.1 Å². The minimum absolute atomic E-state index is 0.0191. The van der Waals surface area contributed by atoms with Gasteiger partial charge in [0.25, 0.3) is 0 Å². The van der Waals surface area contributed by atoms with Crippen molar-refractivity contribution in [2.45, 2.75) is 109 Å². The fourth-order valence-electron chi connectivity index (χ4n) is 7.43. The molecule has 8 nitrogen and oxygen atoms in total. The summed E-state index contributed by atoms with van der Waals surface area (Å²) in [5.74, 6) is 0.608. The van der Waals surface area contributed by atoms with Crippen molar-refractivity contribution >= 4 is 14.1 Å². The van der Waals surface area contributed by atoms with Crippen molar-refractivity contribution < 1.29 is 38.0 Å². The molecule has 0 unspecified atom stereocenters. The lowest BCUT2D eigenvalue weighted by atomic mass is 9.76. The van der Waals surface area contributed by atoms with Crippen molar-refractivity contribution in [3.8, 4) is 0 Å². The van der Waals surface area contributed by atoms with E-state index in [1.54, 1.807) is 7.11 Å². The van der Waals surface area contributed by atoms with Crippen molar-refractivity contribution in [3.05, 3.63) is 0 Å². The highest BCUT2D eigenvalue weighted by atomic mass is 28.4. The summed E-state index contributed by atoms with van der Waals surface area (Å²) in [6, 6.07) is 0. The summed E-state index contributed by atoms with van der Waals surface area (Å²) in [5.41, 5.74) is 0. The molecule has 9 atom stereocenters. The average Bonchev–Trinajstić information content (AvgIpc) is 3.58. The highest BCUT2D eigenvalue weighted by molar-refractivity contribution is 6.74. The second-order valence-corrected chi connectivity index (χ2v) is 18.7. The third-order valence-corrected chi connectivity index (χ3v) is 15.1. The molecule has 1 N–H and O–H groups in total. The number of Topliss-reactive ketones (excluding diaryl/α,β-unsaturated/α-hetero) is 1. The van der Waals surface area contributed by atoms with E-state index < -0.39 is 14.4 Å². The molecule has 4 aliphatic rings. The quantitative estimate of drug-likeness (QED) is 0.204. The largest absolute Gasteiger partial charge is 0.414 e. The van der Waals surface area contributed by atoms with E-state index in [-0.39, 0.29) is 65.7 Å². The molecule has 0 aromatic heterocycles. The molecule has 0 bridgehead atoms. The predicted octanol–water partition coefficient (Wildman–Crippen LogP) is 4.78. The average molecular weight is 571 g/mol. The molecular weight excluding hydrogens is 516 g/mol. The van der Waals surface area contributed by atoms with E-state index in [0.717, 1.165) is 32.1 Å². The number of methoxy groups -OCH3 is 1. The number of carbonyl (C=O) groups excluding carboxylic acids is 1. The number of aliphatic hydroxyl groups is 1. The third-order valence-electron chi connectivity index (χ3n) is 10.6. The van der Waals surface area contributed by atoms with Crippen LogP contribution in [-0.4, -0.2) is 84.1 Å². The standard InChI is InChI=1S/C30H54O8Si/c1-19(8-11-26-35-14-15-36-26)21-16-23(31)27-22(21)17-25(38-39(6,7)30(2,3)4)20-9-10-24(28(20)29(27)32)37-18-34-13-12-33-5/h19-22,24-29,32H,8-18H2,1-7H3/t19-,20-,21+,22+,24-,25-,27+,28+,29-/m0/s1. The van der Waals surface area contributed by atoms with Gasteiger partial charge in [0.15, 0.2) is 14.6 Å². The van der Waals surface area contributed by atoms with Gasteiger partial charge in [-0.05, 0) is 73.9 Å². The van der Waals surface area contributed by atoms with Crippen molar-refractivity contribution in [2.75, 3.05) is 40.3 Å². The Balaban J connectivity index is 1.55. The Bertz CT molecular complexity index is 794. The van der Waals surface area contributed by atoms with Gasteiger partial charge >= 0.3 is 0 Å². The molecule has 0 aromatic rings. The van der Waals surface area contributed by atoms with E-state index in [1.165, 1.54) is 0 Å². The highest BCUT2D eigenvalue weighted by Crippen LogP contribution is 2.55. The van der Waals surface area contributed by atoms with Crippen LogP contribution in [0, 0.1) is 35.5 Å². The number of hydrogen-bond acceptors (Lipinski definition) is 8. The van der Waals surface area contributed by atoms with Crippen molar-refractivity contribution in [1.82, 2.24) is 0 Å². The van der Waals surface area contributed by atoms with Gasteiger partial charge in [-0.2, -0.15) is 0 Å². The Morgan fingerprint density at radius 1 is 1.08 bits per heavy atom. The van der Waals surface area contributed by atoms with Gasteiger partial charge in [-0.15, -0.1) is 0 Å². The number of hydrogen-bond donors (Lipinski definition) is 1. The first-order chi connectivity index (χ1) is 18.4. The van der Waals surface area contributed by atoms with Gasteiger partial charge in [0.1, 0.15) is 12.6 Å². The molecule has 0 aromatic carbocycles. The van der Waals surface area contributed by atoms with Crippen molar-refractivity contribution in [1.29, 1.82) is 0 Å². The zero-order chi connectivity index (χ0) is 28.4. The molecule has 3 saturated carbocycles. The summed E-state index contributed by atoms with van der Waals surface area (Å²) >= 11 is 0. The second kappa shape index (κ2) is 13.3. The molecule has 4 fully saturated rings. The normalized spacial score (nSPS) is 36.7. The van der Waals surface area contributed by atoms with E-state index in [9.17, 15) is 9.90 Å². The lowest BCUT2D eigenvalue weighted by molar-refractivity contribution is -0.139. The maximum absolute atomic E-state index is 13.6. The summed E-state index contributed by atoms with van der Waals surface area (Å²) in [6.45, 7) is 16.2. The Labute approximate surface area is 236 Å². The highest BCUT2D eigenvalue weighted by Gasteiger charge is 2.58. The van der Waals surface area contributed by atoms with Crippen LogP contribution in [0.4, 0.5) is 0 Å². The lowest BCUT2D eigenvalue weighted by Crippen LogP contribution is -2.47. The molecule has 0 spiro atoms. The molecule has 39 heavy (non-hydrogen) atoms. The first kappa shape index (κ1) is 31.5. The van der Waals surface area contributed by atoms with Crippen LogP contribution in [0.1, 0.15) is 66.2 Å². The van der Waals surface area contributed by atoms with Gasteiger partial charge in [-0.1, -0.05) is 27.7 Å². The van der Waals surface area contributed by atoms with Gasteiger partial charge in [-0.3, -0.25) is 4.79 Å². The zero-order valence-corrected chi connectivity index (χ0v) is 26.4. The molecule has 226 valence electrons. The number of ether oxygens (including phenoxy) is 5. The van der Waals surface area contributed by atoms with E-state index in [0.29, 0.717) is 38.8 Å². The first-order valence-corrected chi connectivity index (χ1v) is 18.2. The first-order valence-electron chi connectivity index (χ1n) is 15.2. The Morgan fingerprint density at radius 3 is 2.46 bits per heavy atom. The van der Waals surface area contributed by atoms with Crippen LogP contribution >= 0.6 is 0 Å². The van der Waals surface area contributed by atoms with Gasteiger partial charge in [0, 0.05) is 31.5 Å². The number of aliphatic hydroxyl groups excluding tert-OH is 1. The third kappa shape index (κ3) is 7.16. The van der Waals surface area contributed by atoms with Gasteiger partial charge in [0.2, 0.25) is 0 Å². The van der Waals surface area contributed by atoms with Gasteiger partial charge in [-0.25, -0.2) is 0 Å². The van der Waals surface area contributed by atoms with Crippen LogP contribution < -0.4 is 0 Å². The fraction of sp³-hybridized carbons (Fsp3) is 0.967. The zero-order valence-electron chi connectivity index (χ0n) is 25.4. The smallest absolute Gasteiger partial charge is 0.192 e. The number of ketones is 1. The van der Waals surface area contributed by atoms with Crippen LogP contribution in [0.5, 0.6) is 0 Å². The topological polar surface area (TPSA) is 92.7 Å². The van der Waals surface area contributed by atoms with E-state index in [1.807, 2.05) is 0 Å². The van der Waals surface area contributed by atoms with Crippen molar-refractivity contribution in [3.63, 3.8) is 0 Å². The molecule has 3 aliphatic carbocycles. The van der Waals surface area contributed by atoms with E-state index >= 15 is 0 Å². The maximum Gasteiger partial charge on any atom is 0.192 e.